The smallest absolute Gasteiger partial charge is 0.387 e. The highest BCUT2D eigenvalue weighted by Crippen LogP contribution is 2.29. The van der Waals surface area contributed by atoms with Crippen LogP contribution in [0.25, 0.3) is 11.3 Å². The molecule has 0 spiro atoms. The lowest BCUT2D eigenvalue weighted by Gasteiger charge is -2.09. The van der Waals surface area contributed by atoms with E-state index in [2.05, 4.69) is 15.0 Å². The third kappa shape index (κ3) is 5.43. The van der Waals surface area contributed by atoms with Gasteiger partial charge in [-0.05, 0) is 42.5 Å². The molecule has 146 valence electrons. The predicted molar refractivity (Wildman–Crippen MR) is 102 cm³/mol. The van der Waals surface area contributed by atoms with Crippen LogP contribution in [0.3, 0.4) is 0 Å². The van der Waals surface area contributed by atoms with Gasteiger partial charge in [0.1, 0.15) is 5.75 Å². The lowest BCUT2D eigenvalue weighted by atomic mass is 10.2. The molecule has 2 aromatic carbocycles. The van der Waals surface area contributed by atoms with Crippen LogP contribution in [0, 0.1) is 0 Å². The SMILES string of the molecule is O=C(CCc1ncc(-c2ccc(Cl)cc2)o1)Nc1ccc(OC(F)F)c(Cl)c1. The van der Waals surface area contributed by atoms with E-state index in [-0.39, 0.29) is 23.1 Å². The van der Waals surface area contributed by atoms with E-state index in [9.17, 15) is 13.6 Å². The molecule has 1 heterocycles. The Labute approximate surface area is 169 Å². The Balaban J connectivity index is 1.55. The van der Waals surface area contributed by atoms with Crippen molar-refractivity contribution in [3.63, 3.8) is 0 Å². The van der Waals surface area contributed by atoms with Crippen LogP contribution < -0.4 is 10.1 Å². The van der Waals surface area contributed by atoms with Crippen molar-refractivity contribution < 1.29 is 22.7 Å². The third-order valence-corrected chi connectivity index (χ3v) is 4.23. The molecule has 0 aliphatic carbocycles. The van der Waals surface area contributed by atoms with Gasteiger partial charge < -0.3 is 14.5 Å². The minimum absolute atomic E-state index is 0.0293. The number of anilines is 1. The summed E-state index contributed by atoms with van der Waals surface area (Å²) in [5.74, 6) is 0.529. The van der Waals surface area contributed by atoms with Gasteiger partial charge in [0.2, 0.25) is 5.91 Å². The van der Waals surface area contributed by atoms with Crippen molar-refractivity contribution in [2.75, 3.05) is 5.32 Å². The van der Waals surface area contributed by atoms with Crippen molar-refractivity contribution in [3.05, 3.63) is 64.6 Å². The summed E-state index contributed by atoms with van der Waals surface area (Å²) in [5.41, 5.74) is 1.19. The normalized spacial score (nSPS) is 10.9. The maximum atomic E-state index is 12.2. The molecule has 0 atom stereocenters. The van der Waals surface area contributed by atoms with Gasteiger partial charge in [0.25, 0.3) is 0 Å². The number of oxazole rings is 1. The molecule has 3 aromatic rings. The van der Waals surface area contributed by atoms with Gasteiger partial charge >= 0.3 is 6.61 Å². The topological polar surface area (TPSA) is 64.4 Å². The number of aryl methyl sites for hydroxylation is 1. The van der Waals surface area contributed by atoms with E-state index in [1.54, 1.807) is 18.3 Å². The molecule has 0 radical (unpaired) electrons. The summed E-state index contributed by atoms with van der Waals surface area (Å²) >= 11 is 11.7. The first-order chi connectivity index (χ1) is 13.4. The van der Waals surface area contributed by atoms with Crippen LogP contribution in [0.1, 0.15) is 12.3 Å². The average Bonchev–Trinajstić information content (AvgIpc) is 3.12. The number of aromatic nitrogens is 1. The number of halogens is 4. The second-order valence-corrected chi connectivity index (χ2v) is 6.54. The number of nitrogens with one attached hydrogen (secondary N) is 1. The average molecular weight is 427 g/mol. The van der Waals surface area contributed by atoms with Gasteiger partial charge in [-0.1, -0.05) is 23.2 Å². The number of carbonyl (C=O) groups excluding carboxylic acids is 1. The Morgan fingerprint density at radius 2 is 1.93 bits per heavy atom. The van der Waals surface area contributed by atoms with Crippen molar-refractivity contribution in [2.24, 2.45) is 0 Å². The Bertz CT molecular complexity index is 962. The van der Waals surface area contributed by atoms with E-state index >= 15 is 0 Å². The molecule has 9 heteroatoms. The molecule has 0 aliphatic heterocycles. The van der Waals surface area contributed by atoms with E-state index in [0.29, 0.717) is 28.8 Å². The van der Waals surface area contributed by atoms with Gasteiger partial charge in [-0.2, -0.15) is 8.78 Å². The van der Waals surface area contributed by atoms with Gasteiger partial charge in [-0.15, -0.1) is 0 Å². The molecule has 0 saturated carbocycles. The first-order valence-electron chi connectivity index (χ1n) is 8.15. The van der Waals surface area contributed by atoms with Crippen molar-refractivity contribution in [1.82, 2.24) is 4.98 Å². The summed E-state index contributed by atoms with van der Waals surface area (Å²) in [7, 11) is 0. The monoisotopic (exact) mass is 426 g/mol. The maximum absolute atomic E-state index is 12.2. The molecule has 5 nitrogen and oxygen atoms in total. The second kappa shape index (κ2) is 9.03. The number of hydrogen-bond donors (Lipinski definition) is 1. The van der Waals surface area contributed by atoms with Gasteiger partial charge in [-0.3, -0.25) is 4.79 Å². The number of amides is 1. The molecule has 1 amide bonds. The lowest BCUT2D eigenvalue weighted by Crippen LogP contribution is -2.12. The van der Waals surface area contributed by atoms with Crippen molar-refractivity contribution in [2.45, 2.75) is 19.5 Å². The molecule has 0 saturated heterocycles. The minimum Gasteiger partial charge on any atom is -0.441 e. The largest absolute Gasteiger partial charge is 0.441 e. The van der Waals surface area contributed by atoms with Gasteiger partial charge in [0, 0.05) is 29.1 Å². The summed E-state index contributed by atoms with van der Waals surface area (Å²) in [6, 6.07) is 11.1. The molecule has 3 rings (SSSR count). The van der Waals surface area contributed by atoms with Crippen LogP contribution in [0.5, 0.6) is 5.75 Å². The lowest BCUT2D eigenvalue weighted by molar-refractivity contribution is -0.116. The maximum Gasteiger partial charge on any atom is 0.387 e. The molecular weight excluding hydrogens is 413 g/mol. The molecule has 28 heavy (non-hydrogen) atoms. The van der Waals surface area contributed by atoms with E-state index in [1.165, 1.54) is 18.2 Å². The molecule has 0 unspecified atom stereocenters. The number of ether oxygens (including phenoxy) is 1. The predicted octanol–water partition coefficient (Wildman–Crippen LogP) is 5.82. The summed E-state index contributed by atoms with van der Waals surface area (Å²) in [6.45, 7) is -2.98. The molecular formula is C19H14Cl2F2N2O3. The first kappa shape index (κ1) is 20.1. The quantitative estimate of drug-likeness (QED) is 0.516. The fraction of sp³-hybridized carbons (Fsp3) is 0.158. The standard InChI is InChI=1S/C19H14Cl2F2N2O3/c20-12-3-1-11(2-4-12)16-10-24-18(27-16)8-7-17(26)25-13-5-6-15(14(21)9-13)28-19(22)23/h1-6,9-10,19H,7-8H2,(H,25,26). The highest BCUT2D eigenvalue weighted by molar-refractivity contribution is 6.32. The number of rotatable bonds is 7. The summed E-state index contributed by atoms with van der Waals surface area (Å²) in [5, 5.41) is 3.22. The van der Waals surface area contributed by atoms with Crippen LogP contribution in [0.15, 0.2) is 53.1 Å². The molecule has 0 bridgehead atoms. The summed E-state index contributed by atoms with van der Waals surface area (Å²) in [4.78, 5) is 16.2. The Morgan fingerprint density at radius 3 is 2.61 bits per heavy atom. The van der Waals surface area contributed by atoms with Crippen LogP contribution in [-0.4, -0.2) is 17.5 Å². The Morgan fingerprint density at radius 1 is 1.18 bits per heavy atom. The van der Waals surface area contributed by atoms with Crippen molar-refractivity contribution >= 4 is 34.8 Å². The number of benzene rings is 2. The zero-order valence-electron chi connectivity index (χ0n) is 14.3. The zero-order chi connectivity index (χ0) is 20.1. The van der Waals surface area contributed by atoms with E-state index < -0.39 is 6.61 Å². The molecule has 0 aliphatic rings. The Hall–Kier alpha value is -2.64. The zero-order valence-corrected chi connectivity index (χ0v) is 15.8. The minimum atomic E-state index is -2.98. The summed E-state index contributed by atoms with van der Waals surface area (Å²) in [6.07, 6.45) is 1.99. The van der Waals surface area contributed by atoms with Crippen molar-refractivity contribution in [3.8, 4) is 17.1 Å². The fourth-order valence-corrected chi connectivity index (χ4v) is 2.74. The van der Waals surface area contributed by atoms with Crippen LogP contribution in [-0.2, 0) is 11.2 Å². The number of hydrogen-bond acceptors (Lipinski definition) is 4. The highest BCUT2D eigenvalue weighted by Gasteiger charge is 2.12. The first-order valence-corrected chi connectivity index (χ1v) is 8.91. The second-order valence-electron chi connectivity index (χ2n) is 5.70. The Kier molecular flexibility index (Phi) is 6.49. The van der Waals surface area contributed by atoms with Crippen LogP contribution >= 0.6 is 23.2 Å². The van der Waals surface area contributed by atoms with E-state index in [1.807, 2.05) is 12.1 Å². The van der Waals surface area contributed by atoms with E-state index in [4.69, 9.17) is 27.6 Å². The third-order valence-electron chi connectivity index (χ3n) is 3.68. The fourth-order valence-electron chi connectivity index (χ4n) is 2.39. The van der Waals surface area contributed by atoms with E-state index in [0.717, 1.165) is 5.56 Å². The number of alkyl halides is 2. The van der Waals surface area contributed by atoms with Gasteiger partial charge in [0.05, 0.1) is 11.2 Å². The van der Waals surface area contributed by atoms with Crippen LogP contribution in [0.2, 0.25) is 10.0 Å². The molecule has 1 N–H and O–H groups in total. The van der Waals surface area contributed by atoms with Crippen LogP contribution in [0.4, 0.5) is 14.5 Å². The molecule has 0 fully saturated rings. The van der Waals surface area contributed by atoms with Gasteiger partial charge in [-0.25, -0.2) is 4.98 Å². The van der Waals surface area contributed by atoms with Crippen molar-refractivity contribution in [1.29, 1.82) is 0 Å². The summed E-state index contributed by atoms with van der Waals surface area (Å²) < 4.78 is 34.3. The number of nitrogens with zero attached hydrogens (tertiary/aromatic N) is 1. The van der Waals surface area contributed by atoms with Gasteiger partial charge in [0.15, 0.2) is 11.7 Å². The highest BCUT2D eigenvalue weighted by atomic mass is 35.5. The number of carbonyl (C=O) groups is 1. The molecule has 1 aromatic heterocycles.